The van der Waals surface area contributed by atoms with E-state index in [0.717, 1.165) is 0 Å². The van der Waals surface area contributed by atoms with Crippen LogP contribution in [0.2, 0.25) is 0 Å². The number of aliphatic hydroxyl groups excluding tert-OH is 3. The van der Waals surface area contributed by atoms with E-state index < -0.39 is 15.5 Å². The Balaban J connectivity index is -0.0000000450. The molecule has 0 atom stereocenters. The molecular formula is C3H9AuN3O3S3. The van der Waals surface area contributed by atoms with Gasteiger partial charge in [0.05, 0.1) is 0 Å². The van der Waals surface area contributed by atoms with Gasteiger partial charge < -0.3 is 32.5 Å². The molecule has 0 heterocycles. The first-order valence-corrected chi connectivity index (χ1v) is 3.37. The van der Waals surface area contributed by atoms with Crippen LogP contribution in [0.3, 0.4) is 0 Å². The summed E-state index contributed by atoms with van der Waals surface area (Å²) >= 11 is 11.6. The predicted molar refractivity (Wildman–Crippen MR) is 58.2 cm³/mol. The smallest absolute Gasteiger partial charge is 0.251 e. The third-order valence-corrected chi connectivity index (χ3v) is 0. The largest absolute Gasteiger partial charge is 0.487 e. The number of hydrogen-bond donors (Lipinski definition) is 6. The average molecular weight is 428 g/mol. The summed E-state index contributed by atoms with van der Waals surface area (Å²) in [7, 11) is 0. The Morgan fingerprint density at radius 2 is 0.692 bits per heavy atom. The molecule has 0 unspecified atom stereocenters. The number of thiocarbonyl (C=S) groups is 3. The van der Waals surface area contributed by atoms with Gasteiger partial charge in [-0.2, -0.15) is 0 Å². The Kier molecular flexibility index (Phi) is 31.5. The van der Waals surface area contributed by atoms with Gasteiger partial charge in [0.25, 0.3) is 15.5 Å². The molecule has 0 saturated heterocycles. The molecule has 6 nitrogen and oxygen atoms in total. The molecule has 83 valence electrons. The Morgan fingerprint density at radius 3 is 0.692 bits per heavy atom. The van der Waals surface area contributed by atoms with Crippen molar-refractivity contribution in [1.29, 1.82) is 0 Å². The van der Waals surface area contributed by atoms with Crippen LogP contribution in [0, 0.1) is 0 Å². The maximum Gasteiger partial charge on any atom is 0.251 e. The number of hydrogen-bond acceptors (Lipinski definition) is 3. The molecule has 0 fully saturated rings. The summed E-state index contributed by atoms with van der Waals surface area (Å²) < 4.78 is 0. The van der Waals surface area contributed by atoms with E-state index in [2.05, 4.69) is 53.9 Å². The van der Waals surface area contributed by atoms with Crippen LogP contribution < -0.4 is 17.2 Å². The second-order valence-corrected chi connectivity index (χ2v) is 2.27. The molecule has 0 aromatic rings. The topological polar surface area (TPSA) is 139 Å². The van der Waals surface area contributed by atoms with Crippen molar-refractivity contribution < 1.29 is 37.7 Å². The minimum Gasteiger partial charge on any atom is -0.487 e. The van der Waals surface area contributed by atoms with Crippen LogP contribution in [-0.2, 0) is 22.4 Å². The molecule has 0 amide bonds. The van der Waals surface area contributed by atoms with E-state index in [1.165, 1.54) is 0 Å². The average Bonchev–Trinajstić information content (AvgIpc) is 1.54. The standard InChI is InChI=1S/3CH3NOS.Au/c3*2-1(3)4;/h3*(H3,2,3,4);. The summed E-state index contributed by atoms with van der Waals surface area (Å²) in [5.74, 6) is 0. The van der Waals surface area contributed by atoms with E-state index in [1.54, 1.807) is 0 Å². The third-order valence-electron chi connectivity index (χ3n) is 0. The molecule has 0 bridgehead atoms. The molecule has 0 aromatic heterocycles. The zero-order valence-corrected chi connectivity index (χ0v) is 10.7. The first kappa shape index (κ1) is 23.0. The summed E-state index contributed by atoms with van der Waals surface area (Å²) in [6.07, 6.45) is 0. The molecule has 13 heavy (non-hydrogen) atoms. The van der Waals surface area contributed by atoms with Crippen molar-refractivity contribution in [2.45, 2.75) is 0 Å². The van der Waals surface area contributed by atoms with Gasteiger partial charge in [-0.25, -0.2) is 0 Å². The molecule has 9 N–H and O–H groups in total. The molecule has 0 rings (SSSR count). The molecule has 0 aliphatic rings. The Bertz CT molecular complexity index is 127. The molecule has 0 aliphatic heterocycles. The molecule has 1 radical (unpaired) electrons. The fraction of sp³-hybridized carbons (Fsp3) is 0. The monoisotopic (exact) mass is 428 g/mol. The van der Waals surface area contributed by atoms with Crippen molar-refractivity contribution in [2.24, 2.45) is 17.2 Å². The van der Waals surface area contributed by atoms with Gasteiger partial charge in [-0.05, 0) is 36.7 Å². The Labute approximate surface area is 107 Å². The van der Waals surface area contributed by atoms with Gasteiger partial charge in [-0.3, -0.25) is 0 Å². The summed E-state index contributed by atoms with van der Waals surface area (Å²) in [5, 5.41) is 21.2. The molecule has 0 aliphatic carbocycles. The van der Waals surface area contributed by atoms with Crippen molar-refractivity contribution in [3.63, 3.8) is 0 Å². The van der Waals surface area contributed by atoms with Crippen LogP contribution in [0.4, 0.5) is 0 Å². The van der Waals surface area contributed by atoms with Gasteiger partial charge in [0, 0.05) is 22.4 Å². The van der Waals surface area contributed by atoms with Crippen molar-refractivity contribution in [3.8, 4) is 0 Å². The van der Waals surface area contributed by atoms with Gasteiger partial charge >= 0.3 is 0 Å². The maximum absolute atomic E-state index is 7.56. The molecule has 0 aromatic carbocycles. The number of aliphatic hydroxyl groups is 3. The third kappa shape index (κ3) is 31600. The van der Waals surface area contributed by atoms with Crippen LogP contribution in [-0.4, -0.2) is 30.8 Å². The number of nitrogens with two attached hydrogens (primary N) is 3. The van der Waals surface area contributed by atoms with Crippen molar-refractivity contribution in [2.75, 3.05) is 0 Å². The molecular weight excluding hydrogens is 419 g/mol. The van der Waals surface area contributed by atoms with Crippen LogP contribution in [0.15, 0.2) is 0 Å². The van der Waals surface area contributed by atoms with Crippen molar-refractivity contribution in [3.05, 3.63) is 0 Å². The van der Waals surface area contributed by atoms with Gasteiger partial charge in [0.1, 0.15) is 0 Å². The zero-order valence-electron chi connectivity index (χ0n) is 6.10. The van der Waals surface area contributed by atoms with E-state index in [0.29, 0.717) is 0 Å². The molecule has 0 spiro atoms. The van der Waals surface area contributed by atoms with E-state index >= 15 is 0 Å². The van der Waals surface area contributed by atoms with Crippen LogP contribution >= 0.6 is 36.7 Å². The second-order valence-electron chi connectivity index (χ2n) is 1.01. The fourth-order valence-electron chi connectivity index (χ4n) is 0. The predicted octanol–water partition coefficient (Wildman–Crippen LogP) is -0.638. The Morgan fingerprint density at radius 1 is 0.692 bits per heavy atom. The van der Waals surface area contributed by atoms with Crippen molar-refractivity contribution >= 4 is 52.2 Å². The second kappa shape index (κ2) is 17.8. The SMILES string of the molecule is NC(O)=S.NC(O)=S.NC(O)=S.[Au]. The van der Waals surface area contributed by atoms with E-state index in [4.69, 9.17) is 15.3 Å². The summed E-state index contributed by atoms with van der Waals surface area (Å²) in [6, 6.07) is 0. The van der Waals surface area contributed by atoms with Crippen LogP contribution in [0.5, 0.6) is 0 Å². The quantitative estimate of drug-likeness (QED) is 0.220. The first-order chi connectivity index (χ1) is 5.20. The maximum atomic E-state index is 7.56. The summed E-state index contributed by atoms with van der Waals surface area (Å²) in [4.78, 5) is 0. The minimum atomic E-state index is -0.500. The van der Waals surface area contributed by atoms with E-state index in [-0.39, 0.29) is 22.4 Å². The fourth-order valence-corrected chi connectivity index (χ4v) is 0. The zero-order chi connectivity index (χ0) is 10.7. The molecule has 10 heteroatoms. The summed E-state index contributed by atoms with van der Waals surface area (Å²) in [5.41, 5.74) is 13.2. The van der Waals surface area contributed by atoms with Gasteiger partial charge in [0.15, 0.2) is 0 Å². The van der Waals surface area contributed by atoms with E-state index in [9.17, 15) is 0 Å². The number of rotatable bonds is 0. The van der Waals surface area contributed by atoms with Crippen molar-refractivity contribution in [1.82, 2.24) is 0 Å². The van der Waals surface area contributed by atoms with Gasteiger partial charge in [-0.15, -0.1) is 0 Å². The minimum absolute atomic E-state index is 0. The van der Waals surface area contributed by atoms with Gasteiger partial charge in [-0.1, -0.05) is 0 Å². The van der Waals surface area contributed by atoms with Crippen LogP contribution in [0.1, 0.15) is 0 Å². The molecule has 0 saturated carbocycles. The Hall–Kier alpha value is -0.190. The first-order valence-electron chi connectivity index (χ1n) is 2.15. The van der Waals surface area contributed by atoms with Crippen LogP contribution in [0.25, 0.3) is 0 Å². The normalized spacial score (nSPS) is 5.54. The van der Waals surface area contributed by atoms with E-state index in [1.807, 2.05) is 0 Å². The van der Waals surface area contributed by atoms with Gasteiger partial charge in [0.2, 0.25) is 0 Å². The summed E-state index contributed by atoms with van der Waals surface area (Å²) in [6.45, 7) is 0.